The lowest BCUT2D eigenvalue weighted by atomic mass is 10.1. The van der Waals surface area contributed by atoms with Crippen LogP contribution in [0.15, 0.2) is 59.1 Å². The summed E-state index contributed by atoms with van der Waals surface area (Å²) in [5, 5.41) is 1.11. The van der Waals surface area contributed by atoms with Crippen LogP contribution in [0, 0.1) is 5.82 Å². The number of halogens is 1. The van der Waals surface area contributed by atoms with Gasteiger partial charge < -0.3 is 4.42 Å². The highest BCUT2D eigenvalue weighted by atomic mass is 19.1. The van der Waals surface area contributed by atoms with Gasteiger partial charge in [-0.05, 0) is 24.3 Å². The van der Waals surface area contributed by atoms with Gasteiger partial charge in [0, 0.05) is 12.6 Å². The van der Waals surface area contributed by atoms with Gasteiger partial charge in [0.15, 0.2) is 5.76 Å². The van der Waals surface area contributed by atoms with Crippen LogP contribution in [-0.2, 0) is 4.84 Å². The number of hydrogen-bond donors (Lipinski definition) is 0. The second-order valence-corrected chi connectivity index (χ2v) is 5.04. The maximum absolute atomic E-state index is 13.9. The molecule has 3 rings (SSSR count). The lowest BCUT2D eigenvalue weighted by Crippen LogP contribution is -2.25. The summed E-state index contributed by atoms with van der Waals surface area (Å²) in [6.07, 6.45) is 1.44. The largest absolute Gasteiger partial charge is 0.436 e. The Morgan fingerprint density at radius 2 is 1.79 bits per heavy atom. The van der Waals surface area contributed by atoms with Crippen molar-refractivity contribution in [1.29, 1.82) is 0 Å². The zero-order chi connectivity index (χ0) is 17.1. The maximum Gasteiger partial charge on any atom is 0.277 e. The van der Waals surface area contributed by atoms with Crippen molar-refractivity contribution in [2.75, 3.05) is 14.2 Å². The number of amides is 1. The zero-order valence-corrected chi connectivity index (χ0v) is 13.2. The monoisotopic (exact) mass is 326 g/mol. The van der Waals surface area contributed by atoms with E-state index in [1.807, 2.05) is 0 Å². The Kier molecular flexibility index (Phi) is 4.39. The summed E-state index contributed by atoms with van der Waals surface area (Å²) in [6, 6.07) is 13.1. The third-order valence-electron chi connectivity index (χ3n) is 3.59. The van der Waals surface area contributed by atoms with Crippen LogP contribution in [0.5, 0.6) is 0 Å². The van der Waals surface area contributed by atoms with Crippen LogP contribution >= 0.6 is 0 Å². The fourth-order valence-electron chi connectivity index (χ4n) is 2.29. The Bertz CT molecular complexity index is 876. The molecule has 0 saturated carbocycles. The van der Waals surface area contributed by atoms with Gasteiger partial charge in [-0.3, -0.25) is 9.63 Å². The van der Waals surface area contributed by atoms with Crippen molar-refractivity contribution in [3.63, 3.8) is 0 Å². The first kappa shape index (κ1) is 15.9. The van der Waals surface area contributed by atoms with Gasteiger partial charge in [-0.15, -0.1) is 0 Å². The van der Waals surface area contributed by atoms with Crippen LogP contribution in [-0.4, -0.2) is 30.1 Å². The third kappa shape index (κ3) is 2.91. The summed E-state index contributed by atoms with van der Waals surface area (Å²) in [7, 11) is 2.92. The number of carbonyl (C=O) groups is 1. The van der Waals surface area contributed by atoms with E-state index in [4.69, 9.17) is 9.25 Å². The van der Waals surface area contributed by atoms with E-state index in [-0.39, 0.29) is 11.8 Å². The number of nitrogens with zero attached hydrogens (tertiary/aromatic N) is 2. The smallest absolute Gasteiger partial charge is 0.277 e. The summed E-state index contributed by atoms with van der Waals surface area (Å²) in [6.45, 7) is 0. The van der Waals surface area contributed by atoms with Crippen molar-refractivity contribution in [1.82, 2.24) is 10.0 Å². The van der Waals surface area contributed by atoms with Gasteiger partial charge >= 0.3 is 0 Å². The van der Waals surface area contributed by atoms with Crippen molar-refractivity contribution in [2.24, 2.45) is 0 Å². The van der Waals surface area contributed by atoms with E-state index in [1.54, 1.807) is 42.5 Å². The van der Waals surface area contributed by atoms with Gasteiger partial charge in [0.05, 0.1) is 24.4 Å². The molecule has 0 atom stereocenters. The molecular weight excluding hydrogens is 311 g/mol. The molecule has 1 amide bonds. The van der Waals surface area contributed by atoms with Gasteiger partial charge in [-0.25, -0.2) is 14.4 Å². The van der Waals surface area contributed by atoms with Gasteiger partial charge in [0.25, 0.3) is 5.91 Å². The van der Waals surface area contributed by atoms with Crippen LogP contribution in [0.4, 0.5) is 4.39 Å². The molecule has 24 heavy (non-hydrogen) atoms. The fraction of sp³-hybridized carbons (Fsp3) is 0.111. The number of hydrogen-bond acceptors (Lipinski definition) is 4. The zero-order valence-electron chi connectivity index (χ0n) is 13.2. The number of rotatable bonds is 4. The lowest BCUT2D eigenvalue weighted by molar-refractivity contribution is -0.0756. The molecule has 122 valence electrons. The van der Waals surface area contributed by atoms with Gasteiger partial charge in [0.2, 0.25) is 5.89 Å². The van der Waals surface area contributed by atoms with Crippen molar-refractivity contribution >= 4 is 5.91 Å². The molecule has 2 aromatic carbocycles. The number of aromatic nitrogens is 1. The molecule has 0 unspecified atom stereocenters. The average molecular weight is 326 g/mol. The Labute approximate surface area is 138 Å². The molecule has 0 aliphatic rings. The quantitative estimate of drug-likeness (QED) is 0.685. The van der Waals surface area contributed by atoms with E-state index >= 15 is 0 Å². The second kappa shape index (κ2) is 6.64. The maximum atomic E-state index is 13.9. The Morgan fingerprint density at radius 1 is 1.12 bits per heavy atom. The molecule has 0 fully saturated rings. The lowest BCUT2D eigenvalue weighted by Gasteiger charge is -2.15. The van der Waals surface area contributed by atoms with E-state index in [0.717, 1.165) is 5.06 Å². The molecular formula is C18H15FN2O3. The summed E-state index contributed by atoms with van der Waals surface area (Å²) < 4.78 is 19.6. The summed E-state index contributed by atoms with van der Waals surface area (Å²) in [5.74, 6) is -0.199. The van der Waals surface area contributed by atoms with Crippen LogP contribution < -0.4 is 0 Å². The highest BCUT2D eigenvalue weighted by molar-refractivity contribution is 5.99. The Balaban J connectivity index is 2.03. The van der Waals surface area contributed by atoms with Crippen LogP contribution in [0.1, 0.15) is 10.4 Å². The summed E-state index contributed by atoms with van der Waals surface area (Å²) >= 11 is 0. The number of benzene rings is 2. The predicted octanol–water partition coefficient (Wildman–Crippen LogP) is 3.78. The molecule has 0 bridgehead atoms. The van der Waals surface area contributed by atoms with Gasteiger partial charge in [-0.1, -0.05) is 24.3 Å². The average Bonchev–Trinajstić information content (AvgIpc) is 3.10. The van der Waals surface area contributed by atoms with E-state index in [0.29, 0.717) is 22.5 Å². The minimum absolute atomic E-state index is 0.238. The standard InChI is InChI=1S/C18H15FN2O3/c1-21(23-2)18(22)13-8-4-3-7-12(13)17-20-11-16(24-17)14-9-5-6-10-15(14)19/h3-11H,1-2H3. The molecule has 0 radical (unpaired) electrons. The molecule has 5 nitrogen and oxygen atoms in total. The molecule has 0 aliphatic heterocycles. The summed E-state index contributed by atoms with van der Waals surface area (Å²) in [5.41, 5.74) is 1.20. The van der Waals surface area contributed by atoms with E-state index in [2.05, 4.69) is 4.98 Å². The molecule has 1 heterocycles. The highest BCUT2D eigenvalue weighted by Gasteiger charge is 2.20. The minimum Gasteiger partial charge on any atom is -0.436 e. The van der Waals surface area contributed by atoms with Crippen molar-refractivity contribution in [2.45, 2.75) is 0 Å². The van der Waals surface area contributed by atoms with Gasteiger partial charge in [-0.2, -0.15) is 0 Å². The van der Waals surface area contributed by atoms with E-state index in [1.165, 1.54) is 26.4 Å². The molecule has 0 saturated heterocycles. The third-order valence-corrected chi connectivity index (χ3v) is 3.59. The van der Waals surface area contributed by atoms with Gasteiger partial charge in [0.1, 0.15) is 5.82 Å². The molecule has 3 aromatic rings. The Hall–Kier alpha value is -2.99. The van der Waals surface area contributed by atoms with Crippen molar-refractivity contribution in [3.05, 3.63) is 66.1 Å². The topological polar surface area (TPSA) is 55.6 Å². The van der Waals surface area contributed by atoms with E-state index in [9.17, 15) is 9.18 Å². The SMILES string of the molecule is CON(C)C(=O)c1ccccc1-c1ncc(-c2ccccc2F)o1. The normalized spacial score (nSPS) is 10.6. The molecule has 6 heteroatoms. The summed E-state index contributed by atoms with van der Waals surface area (Å²) in [4.78, 5) is 21.5. The van der Waals surface area contributed by atoms with E-state index < -0.39 is 5.82 Å². The van der Waals surface area contributed by atoms with Crippen molar-refractivity contribution < 1.29 is 18.4 Å². The predicted molar refractivity (Wildman–Crippen MR) is 86.4 cm³/mol. The second-order valence-electron chi connectivity index (χ2n) is 5.04. The molecule has 0 aliphatic carbocycles. The van der Waals surface area contributed by atoms with Crippen LogP contribution in [0.3, 0.4) is 0 Å². The molecule has 0 spiro atoms. The fourth-order valence-corrected chi connectivity index (χ4v) is 2.29. The van der Waals surface area contributed by atoms with Crippen LogP contribution in [0.25, 0.3) is 22.8 Å². The first-order valence-electron chi connectivity index (χ1n) is 7.24. The van der Waals surface area contributed by atoms with Crippen LogP contribution in [0.2, 0.25) is 0 Å². The minimum atomic E-state index is -0.399. The Morgan fingerprint density at radius 3 is 2.50 bits per heavy atom. The number of carbonyl (C=O) groups excluding carboxylic acids is 1. The number of hydroxylamine groups is 2. The molecule has 0 N–H and O–H groups in total. The molecule has 1 aromatic heterocycles. The van der Waals surface area contributed by atoms with Crippen molar-refractivity contribution in [3.8, 4) is 22.8 Å². The first-order chi connectivity index (χ1) is 11.6. The first-order valence-corrected chi connectivity index (χ1v) is 7.24. The number of oxazole rings is 1. The highest BCUT2D eigenvalue weighted by Crippen LogP contribution is 2.29.